The molecular weight excluding hydrogens is 515 g/mol. The minimum absolute atomic E-state index is 0.0525. The largest absolute Gasteiger partial charge is 0.486 e. The molecule has 190 valence electrons. The summed E-state index contributed by atoms with van der Waals surface area (Å²) in [6.07, 6.45) is -0.261. The van der Waals surface area contributed by atoms with E-state index in [2.05, 4.69) is 10.3 Å². The van der Waals surface area contributed by atoms with Crippen LogP contribution in [0.5, 0.6) is 5.75 Å². The van der Waals surface area contributed by atoms with Crippen molar-refractivity contribution >= 4 is 45.1 Å². The van der Waals surface area contributed by atoms with Gasteiger partial charge in [-0.05, 0) is 26.0 Å². The Morgan fingerprint density at radius 2 is 1.81 bits per heavy atom. The highest BCUT2D eigenvalue weighted by Crippen LogP contribution is 2.35. The molecule has 0 spiro atoms. The van der Waals surface area contributed by atoms with Gasteiger partial charge >= 0.3 is 11.4 Å². The van der Waals surface area contributed by atoms with E-state index in [1.165, 1.54) is 37.8 Å². The van der Waals surface area contributed by atoms with Gasteiger partial charge in [0.2, 0.25) is 5.91 Å². The predicted octanol–water partition coefficient (Wildman–Crippen LogP) is 2.08. The number of hydrogen-bond acceptors (Lipinski definition) is 7. The number of halogens is 2. The van der Waals surface area contributed by atoms with Crippen molar-refractivity contribution < 1.29 is 13.9 Å². The van der Waals surface area contributed by atoms with Gasteiger partial charge < -0.3 is 10.1 Å². The number of carbonyl (C=O) groups is 1. The maximum Gasteiger partial charge on any atom is 0.332 e. The van der Waals surface area contributed by atoms with Gasteiger partial charge in [-0.3, -0.25) is 27.9 Å². The monoisotopic (exact) mass is 536 g/mol. The molecule has 1 amide bonds. The number of thiazole rings is 1. The number of hydrogen-bond donors (Lipinski definition) is 1. The van der Waals surface area contributed by atoms with Crippen molar-refractivity contribution in [3.63, 3.8) is 0 Å². The summed E-state index contributed by atoms with van der Waals surface area (Å²) in [5.74, 6) is -1.31. The second kappa shape index (κ2) is 9.39. The molecule has 3 aromatic heterocycles. The van der Waals surface area contributed by atoms with E-state index >= 15 is 0 Å². The van der Waals surface area contributed by atoms with Crippen LogP contribution in [0.4, 0.5) is 9.52 Å². The first-order valence-corrected chi connectivity index (χ1v) is 11.9. The molecule has 0 aliphatic heterocycles. The Morgan fingerprint density at radius 3 is 2.44 bits per heavy atom. The van der Waals surface area contributed by atoms with Crippen LogP contribution in [0.1, 0.15) is 13.8 Å². The van der Waals surface area contributed by atoms with Crippen LogP contribution < -0.4 is 27.0 Å². The van der Waals surface area contributed by atoms with Crippen LogP contribution in [0.15, 0.2) is 31.9 Å². The van der Waals surface area contributed by atoms with Gasteiger partial charge in [0.15, 0.2) is 27.9 Å². The van der Waals surface area contributed by atoms with Gasteiger partial charge in [-0.2, -0.15) is 0 Å². The molecule has 0 fully saturated rings. The lowest BCUT2D eigenvalue weighted by Gasteiger charge is -2.13. The van der Waals surface area contributed by atoms with Gasteiger partial charge in [0.05, 0.1) is 16.8 Å². The number of ether oxygens (including phenoxy) is 1. The highest BCUT2D eigenvalue weighted by molar-refractivity contribution is 7.14. The molecule has 0 aliphatic carbocycles. The van der Waals surface area contributed by atoms with Crippen LogP contribution in [-0.4, -0.2) is 35.3 Å². The molecule has 0 saturated carbocycles. The summed E-state index contributed by atoms with van der Waals surface area (Å²) >= 11 is 7.27. The smallest absolute Gasteiger partial charge is 0.332 e. The van der Waals surface area contributed by atoms with Crippen molar-refractivity contribution in [1.29, 1.82) is 0 Å². The molecule has 0 atom stereocenters. The Labute approximate surface area is 211 Å². The lowest BCUT2D eigenvalue weighted by atomic mass is 10.1. The molecule has 0 aliphatic rings. The van der Waals surface area contributed by atoms with Crippen LogP contribution in [-0.2, 0) is 32.5 Å². The molecule has 0 radical (unpaired) electrons. The van der Waals surface area contributed by atoms with Gasteiger partial charge in [-0.1, -0.05) is 11.6 Å². The second-order valence-corrected chi connectivity index (χ2v) is 9.59. The third-order valence-electron chi connectivity index (χ3n) is 5.42. The summed E-state index contributed by atoms with van der Waals surface area (Å²) in [5, 5.41) is 4.47. The summed E-state index contributed by atoms with van der Waals surface area (Å²) in [6.45, 7) is 3.02. The van der Waals surface area contributed by atoms with Crippen molar-refractivity contribution in [3.8, 4) is 17.0 Å². The number of carbonyl (C=O) groups excluding carboxylic acids is 1. The third-order valence-corrected chi connectivity index (χ3v) is 6.45. The Balaban J connectivity index is 1.61. The van der Waals surface area contributed by atoms with Crippen molar-refractivity contribution in [3.05, 3.63) is 59.7 Å². The Hall–Kier alpha value is -3.71. The fourth-order valence-corrected chi connectivity index (χ4v) is 4.76. The molecule has 0 bridgehead atoms. The van der Waals surface area contributed by atoms with Crippen molar-refractivity contribution in [2.75, 3.05) is 5.32 Å². The van der Waals surface area contributed by atoms with Crippen LogP contribution in [0.25, 0.3) is 22.4 Å². The maximum absolute atomic E-state index is 14.5. The highest BCUT2D eigenvalue weighted by Gasteiger charge is 2.22. The number of aryl methyl sites for hydroxylation is 2. The average molecular weight is 537 g/mol. The Morgan fingerprint density at radius 1 is 1.14 bits per heavy atom. The van der Waals surface area contributed by atoms with E-state index in [9.17, 15) is 23.6 Å². The van der Waals surface area contributed by atoms with Crippen LogP contribution >= 0.6 is 22.9 Å². The highest BCUT2D eigenvalue weighted by atomic mass is 35.5. The zero-order chi connectivity index (χ0) is 26.5. The number of amides is 1. The second-order valence-electron chi connectivity index (χ2n) is 8.33. The Bertz CT molecular complexity index is 1670. The van der Waals surface area contributed by atoms with E-state index in [1.807, 2.05) is 0 Å². The Kier molecular flexibility index (Phi) is 6.62. The molecule has 4 rings (SSSR count). The predicted molar refractivity (Wildman–Crippen MR) is 135 cm³/mol. The number of benzene rings is 1. The number of nitrogens with zero attached hydrogens (tertiary/aromatic N) is 5. The number of nitrogens with one attached hydrogen (secondary N) is 1. The zero-order valence-corrected chi connectivity index (χ0v) is 21.5. The number of imidazole rings is 1. The fraction of sp³-hybridized carbons (Fsp3) is 0.318. The number of anilines is 1. The molecule has 11 nitrogen and oxygen atoms in total. The molecule has 4 aromatic rings. The maximum atomic E-state index is 14.5. The molecule has 0 saturated heterocycles. The lowest BCUT2D eigenvalue weighted by Crippen LogP contribution is -2.38. The van der Waals surface area contributed by atoms with Gasteiger partial charge in [0.1, 0.15) is 6.54 Å². The van der Waals surface area contributed by atoms with E-state index in [0.717, 1.165) is 25.0 Å². The van der Waals surface area contributed by atoms with Gasteiger partial charge in [-0.15, -0.1) is 11.3 Å². The molecule has 36 heavy (non-hydrogen) atoms. The summed E-state index contributed by atoms with van der Waals surface area (Å²) in [6, 6.07) is 2.75. The normalized spacial score (nSPS) is 11.4. The SMILES string of the molecule is CC(C)Oc1c(F)cc(-c2csc(NC(=O)Cn3c(=O)n(C)c4c3c(=O)n(C)c(=O)n4C)n2)cc1Cl. The average Bonchev–Trinajstić information content (AvgIpc) is 3.37. The fourth-order valence-electron chi connectivity index (χ4n) is 3.77. The third kappa shape index (κ3) is 4.35. The molecule has 1 N–H and O–H groups in total. The van der Waals surface area contributed by atoms with Gasteiger partial charge in [-0.25, -0.2) is 19.0 Å². The van der Waals surface area contributed by atoms with E-state index in [1.54, 1.807) is 19.2 Å². The first-order valence-electron chi connectivity index (χ1n) is 10.7. The summed E-state index contributed by atoms with van der Waals surface area (Å²) in [4.78, 5) is 54.8. The first-order chi connectivity index (χ1) is 16.9. The number of rotatable bonds is 6. The molecule has 1 aromatic carbocycles. The van der Waals surface area contributed by atoms with Gasteiger partial charge in [0, 0.05) is 32.1 Å². The first kappa shape index (κ1) is 25.4. The number of aromatic nitrogens is 5. The minimum Gasteiger partial charge on any atom is -0.486 e. The summed E-state index contributed by atoms with van der Waals surface area (Å²) in [7, 11) is 4.13. The lowest BCUT2D eigenvalue weighted by molar-refractivity contribution is -0.116. The van der Waals surface area contributed by atoms with Crippen molar-refractivity contribution in [1.82, 2.24) is 23.3 Å². The summed E-state index contributed by atoms with van der Waals surface area (Å²) in [5.41, 5.74) is -1.14. The van der Waals surface area contributed by atoms with Crippen LogP contribution in [0.2, 0.25) is 5.02 Å². The standard InChI is InChI=1S/C22H22ClFN6O5S/c1-10(2)35-17-12(23)6-11(7-13(17)24)14-9-36-20(25-14)26-15(31)8-30-16-18(28(4)22(30)34)27(3)21(33)29(5)19(16)32/h6-7,9-10H,8H2,1-5H3,(H,25,26,31). The van der Waals surface area contributed by atoms with Crippen molar-refractivity contribution in [2.45, 2.75) is 26.5 Å². The topological polar surface area (TPSA) is 122 Å². The number of fused-ring (bicyclic) bond motifs is 1. The van der Waals surface area contributed by atoms with E-state index in [-0.39, 0.29) is 33.2 Å². The van der Waals surface area contributed by atoms with Gasteiger partial charge in [0.25, 0.3) is 5.56 Å². The zero-order valence-electron chi connectivity index (χ0n) is 20.0. The summed E-state index contributed by atoms with van der Waals surface area (Å²) < 4.78 is 24.1. The molecule has 0 unspecified atom stereocenters. The molecular formula is C22H22ClFN6O5S. The molecule has 3 heterocycles. The quantitative estimate of drug-likeness (QED) is 0.402. The van der Waals surface area contributed by atoms with E-state index in [4.69, 9.17) is 16.3 Å². The van der Waals surface area contributed by atoms with Crippen molar-refractivity contribution in [2.24, 2.45) is 21.1 Å². The molecule has 14 heteroatoms. The van der Waals surface area contributed by atoms with E-state index in [0.29, 0.717) is 11.3 Å². The van der Waals surface area contributed by atoms with Crippen LogP contribution in [0, 0.1) is 5.82 Å². The van der Waals surface area contributed by atoms with Crippen LogP contribution in [0.3, 0.4) is 0 Å². The minimum atomic E-state index is -0.695. The van der Waals surface area contributed by atoms with E-state index < -0.39 is 35.2 Å².